The molecule has 0 spiro atoms. The number of unbranched alkanes of at least 4 members (excludes halogenated alkanes) is 7. The Bertz CT molecular complexity index is 285. The maximum absolute atomic E-state index is 9.80. The van der Waals surface area contributed by atoms with E-state index in [-0.39, 0.29) is 31.0 Å². The van der Waals surface area contributed by atoms with E-state index in [1.165, 1.54) is 38.5 Å². The van der Waals surface area contributed by atoms with Gasteiger partial charge >= 0.3 is 29.6 Å². The van der Waals surface area contributed by atoms with Gasteiger partial charge in [-0.3, -0.25) is 0 Å². The average Bonchev–Trinajstić information content (AvgIpc) is 2.53. The second-order valence-corrected chi connectivity index (χ2v) is 6.04. The van der Waals surface area contributed by atoms with Crippen molar-refractivity contribution in [3.63, 3.8) is 0 Å². The van der Waals surface area contributed by atoms with Gasteiger partial charge in [0, 0.05) is 6.61 Å². The van der Waals surface area contributed by atoms with E-state index in [1.807, 2.05) is 0 Å². The fraction of sp³-hybridized carbons (Fsp3) is 1.00. The summed E-state index contributed by atoms with van der Waals surface area (Å²) in [6, 6.07) is 0. The van der Waals surface area contributed by atoms with Crippen LogP contribution in [0.15, 0.2) is 0 Å². The van der Waals surface area contributed by atoms with E-state index in [2.05, 4.69) is 6.92 Å². The molecule has 134 valence electrons. The third-order valence-corrected chi connectivity index (χ3v) is 4.13. The van der Waals surface area contributed by atoms with Crippen LogP contribution in [-0.2, 0) is 9.47 Å². The monoisotopic (exact) mass is 344 g/mol. The molecule has 5 atom stereocenters. The van der Waals surface area contributed by atoms with Crippen LogP contribution in [0.5, 0.6) is 0 Å². The minimum absolute atomic E-state index is 0. The van der Waals surface area contributed by atoms with Crippen molar-refractivity contribution in [2.45, 2.75) is 89.0 Å². The first kappa shape index (κ1) is 23.8. The Morgan fingerprint density at radius 3 is 2.00 bits per heavy atom. The van der Waals surface area contributed by atoms with E-state index in [0.717, 1.165) is 12.8 Å². The molecule has 1 aliphatic heterocycles. The van der Waals surface area contributed by atoms with Crippen LogP contribution >= 0.6 is 0 Å². The van der Waals surface area contributed by atoms with Gasteiger partial charge in [0.2, 0.25) is 0 Å². The number of rotatable bonds is 11. The van der Waals surface area contributed by atoms with E-state index >= 15 is 0 Å². The van der Waals surface area contributed by atoms with Gasteiger partial charge in [0.1, 0.15) is 24.4 Å². The molecule has 0 amide bonds. The van der Waals surface area contributed by atoms with Gasteiger partial charge in [-0.1, -0.05) is 51.9 Å². The van der Waals surface area contributed by atoms with Crippen molar-refractivity contribution in [1.29, 1.82) is 0 Å². The third-order valence-electron chi connectivity index (χ3n) is 4.13. The van der Waals surface area contributed by atoms with E-state index in [9.17, 15) is 15.3 Å². The van der Waals surface area contributed by atoms with Crippen molar-refractivity contribution in [2.24, 2.45) is 0 Å². The van der Waals surface area contributed by atoms with Gasteiger partial charge in [-0.25, -0.2) is 0 Å². The van der Waals surface area contributed by atoms with Crippen LogP contribution in [-0.4, -0.2) is 64.3 Å². The van der Waals surface area contributed by atoms with Crippen molar-refractivity contribution in [2.75, 3.05) is 13.2 Å². The number of hydrogen-bond donors (Lipinski definition) is 4. The summed E-state index contributed by atoms with van der Waals surface area (Å²) in [4.78, 5) is 0. The SMILES string of the molecule is CCCCCCCCCCO[C@H]1O[C@H](CO)[C@H](O)[C@H](O)[C@H]1O.[H-].[Na+]. The van der Waals surface area contributed by atoms with Crippen molar-refractivity contribution in [1.82, 2.24) is 0 Å². The topological polar surface area (TPSA) is 99.4 Å². The molecule has 0 unspecified atom stereocenters. The number of aliphatic hydroxyl groups excluding tert-OH is 4. The average molecular weight is 344 g/mol. The zero-order valence-electron chi connectivity index (χ0n) is 15.6. The zero-order chi connectivity index (χ0) is 16.4. The molecule has 0 aromatic rings. The summed E-state index contributed by atoms with van der Waals surface area (Å²) >= 11 is 0. The Labute approximate surface area is 163 Å². The van der Waals surface area contributed by atoms with Crippen molar-refractivity contribution < 1.29 is 60.9 Å². The Morgan fingerprint density at radius 1 is 0.870 bits per heavy atom. The van der Waals surface area contributed by atoms with Gasteiger partial charge in [-0.15, -0.1) is 0 Å². The first-order chi connectivity index (χ1) is 10.6. The van der Waals surface area contributed by atoms with Crippen LogP contribution in [0.1, 0.15) is 59.7 Å². The van der Waals surface area contributed by atoms with Gasteiger partial charge in [0.15, 0.2) is 6.29 Å². The van der Waals surface area contributed by atoms with Gasteiger partial charge in [0.25, 0.3) is 0 Å². The van der Waals surface area contributed by atoms with E-state index in [4.69, 9.17) is 14.6 Å². The Kier molecular flexibility index (Phi) is 14.4. The fourth-order valence-corrected chi connectivity index (χ4v) is 2.64. The van der Waals surface area contributed by atoms with Crippen molar-refractivity contribution >= 4 is 0 Å². The minimum atomic E-state index is -1.37. The number of ether oxygens (including phenoxy) is 2. The largest absolute Gasteiger partial charge is 1.00 e. The summed E-state index contributed by atoms with van der Waals surface area (Å²) in [6.45, 7) is 2.20. The van der Waals surface area contributed by atoms with E-state index in [0.29, 0.717) is 6.61 Å². The molecule has 0 aliphatic carbocycles. The van der Waals surface area contributed by atoms with Gasteiger partial charge in [-0.2, -0.15) is 0 Å². The molecule has 0 aromatic heterocycles. The Balaban J connectivity index is 0. The van der Waals surface area contributed by atoms with Crippen molar-refractivity contribution in [3.8, 4) is 0 Å². The molecule has 0 saturated carbocycles. The molecule has 6 nitrogen and oxygen atoms in total. The predicted octanol–water partition coefficient (Wildman–Crippen LogP) is -1.94. The summed E-state index contributed by atoms with van der Waals surface area (Å²) in [6.07, 6.45) is 3.58. The third kappa shape index (κ3) is 8.61. The quantitative estimate of drug-likeness (QED) is 0.257. The molecule has 1 fully saturated rings. The van der Waals surface area contributed by atoms with Crippen LogP contribution in [0.3, 0.4) is 0 Å². The van der Waals surface area contributed by atoms with Gasteiger partial charge < -0.3 is 31.3 Å². The Hall–Kier alpha value is 0.760. The van der Waals surface area contributed by atoms with E-state index in [1.54, 1.807) is 0 Å². The molecule has 0 radical (unpaired) electrons. The fourth-order valence-electron chi connectivity index (χ4n) is 2.64. The van der Waals surface area contributed by atoms with Crippen LogP contribution in [0.4, 0.5) is 0 Å². The second-order valence-electron chi connectivity index (χ2n) is 6.04. The van der Waals surface area contributed by atoms with Crippen LogP contribution < -0.4 is 29.6 Å². The summed E-state index contributed by atoms with van der Waals surface area (Å²) in [5.74, 6) is 0. The van der Waals surface area contributed by atoms with Crippen LogP contribution in [0.2, 0.25) is 0 Å². The molecule has 1 saturated heterocycles. The Morgan fingerprint density at radius 2 is 1.43 bits per heavy atom. The summed E-state index contributed by atoms with van der Waals surface area (Å²) in [7, 11) is 0. The zero-order valence-corrected chi connectivity index (χ0v) is 16.6. The molecule has 1 rings (SSSR count). The number of aliphatic hydroxyl groups is 4. The molecule has 0 aromatic carbocycles. The van der Waals surface area contributed by atoms with Gasteiger partial charge in [0.05, 0.1) is 6.61 Å². The van der Waals surface area contributed by atoms with Crippen LogP contribution in [0, 0.1) is 0 Å². The maximum atomic E-state index is 9.80. The summed E-state index contributed by atoms with van der Waals surface area (Å²) in [5, 5.41) is 38.2. The second kappa shape index (κ2) is 14.0. The molecule has 1 heterocycles. The molecule has 1 aliphatic rings. The normalized spacial score (nSPS) is 30.9. The molecular formula is C16H33NaO6. The predicted molar refractivity (Wildman–Crippen MR) is 83.4 cm³/mol. The summed E-state index contributed by atoms with van der Waals surface area (Å²) < 4.78 is 10.7. The number of hydrogen-bond acceptors (Lipinski definition) is 6. The summed E-state index contributed by atoms with van der Waals surface area (Å²) in [5.41, 5.74) is 0. The molecule has 23 heavy (non-hydrogen) atoms. The van der Waals surface area contributed by atoms with Crippen LogP contribution in [0.25, 0.3) is 0 Å². The molecule has 0 bridgehead atoms. The standard InChI is InChI=1S/C16H32O6.Na.H/c1-2-3-4-5-6-7-8-9-10-21-16-15(20)14(19)13(18)12(11-17)22-16;;/h12-20H,2-11H2,1H3;;/q;+1;-1/t12-,13+,14+,15-,16+;;/m1../s1. The first-order valence-corrected chi connectivity index (χ1v) is 8.54. The van der Waals surface area contributed by atoms with E-state index < -0.39 is 37.3 Å². The smallest absolute Gasteiger partial charge is 1.00 e. The van der Waals surface area contributed by atoms with Crippen molar-refractivity contribution in [3.05, 3.63) is 0 Å². The minimum Gasteiger partial charge on any atom is -1.00 e. The molecule has 4 N–H and O–H groups in total. The molecular weight excluding hydrogens is 311 g/mol. The maximum Gasteiger partial charge on any atom is 1.00 e. The van der Waals surface area contributed by atoms with Gasteiger partial charge in [-0.05, 0) is 6.42 Å². The first-order valence-electron chi connectivity index (χ1n) is 8.54. The molecule has 7 heteroatoms.